The summed E-state index contributed by atoms with van der Waals surface area (Å²) in [5, 5.41) is 1.01. The molecule has 1 unspecified atom stereocenters. The second-order valence-corrected chi connectivity index (χ2v) is 7.87. The van der Waals surface area contributed by atoms with Gasteiger partial charge in [-0.2, -0.15) is 0 Å². The van der Waals surface area contributed by atoms with Gasteiger partial charge in [0.2, 0.25) is 5.78 Å². The number of rotatable bonds is 6. The molecule has 0 aliphatic rings. The first-order chi connectivity index (χ1) is 12.8. The van der Waals surface area contributed by atoms with Crippen molar-refractivity contribution in [3.05, 3.63) is 51.8 Å². The first-order valence-electron chi connectivity index (χ1n) is 8.82. The number of Topliss-reactive ketones (excluding diaryl/α,β-unsaturated/α-hetero) is 1. The Morgan fingerprint density at radius 2 is 2.00 bits per heavy atom. The molecule has 6 nitrogen and oxygen atoms in total. The highest BCUT2D eigenvalue weighted by atomic mass is 32.1. The molecule has 0 bridgehead atoms. The van der Waals surface area contributed by atoms with E-state index in [9.17, 15) is 9.59 Å². The molecule has 0 spiro atoms. The number of likely N-dealkylation sites (N-methyl/N-ethyl adjacent to an activating group) is 1. The SMILES string of the molecule is COC(=O)c1c(C)[nH]c(C(=O)C[NH+](C)[C@H](C)c2nc3ccccc3s2)c1C. The Morgan fingerprint density at radius 1 is 1.30 bits per heavy atom. The molecule has 142 valence electrons. The van der Waals surface area contributed by atoms with Crippen LogP contribution in [0.3, 0.4) is 0 Å². The molecule has 7 heteroatoms. The Kier molecular flexibility index (Phi) is 5.43. The summed E-state index contributed by atoms with van der Waals surface area (Å²) < 4.78 is 5.96. The van der Waals surface area contributed by atoms with Gasteiger partial charge in [0.05, 0.1) is 35.6 Å². The molecule has 2 aromatic heterocycles. The first-order valence-corrected chi connectivity index (χ1v) is 9.63. The van der Waals surface area contributed by atoms with Crippen molar-refractivity contribution in [2.45, 2.75) is 26.8 Å². The minimum Gasteiger partial charge on any atom is -0.465 e. The Balaban J connectivity index is 1.78. The number of ketones is 1. The topological polar surface area (TPSA) is 76.5 Å². The second-order valence-electron chi connectivity index (χ2n) is 6.80. The normalized spacial score (nSPS) is 13.5. The number of aryl methyl sites for hydroxylation is 1. The number of H-pyrrole nitrogens is 1. The Bertz CT molecular complexity index is 972. The number of esters is 1. The van der Waals surface area contributed by atoms with E-state index >= 15 is 0 Å². The average Bonchev–Trinajstić information content (AvgIpc) is 3.21. The maximum absolute atomic E-state index is 12.8. The Morgan fingerprint density at radius 3 is 2.67 bits per heavy atom. The molecular weight excluding hydrogens is 362 g/mol. The molecule has 0 fully saturated rings. The largest absolute Gasteiger partial charge is 0.465 e. The molecule has 0 saturated heterocycles. The molecule has 2 atom stereocenters. The minimum absolute atomic E-state index is 0.0313. The van der Waals surface area contributed by atoms with Crippen LogP contribution >= 0.6 is 11.3 Å². The van der Waals surface area contributed by atoms with Gasteiger partial charge in [0.1, 0.15) is 12.6 Å². The molecule has 0 amide bonds. The first kappa shape index (κ1) is 19.3. The average molecular weight is 386 g/mol. The van der Waals surface area contributed by atoms with Crippen molar-refractivity contribution in [2.75, 3.05) is 20.7 Å². The zero-order valence-corrected chi connectivity index (χ0v) is 17.0. The third-order valence-electron chi connectivity index (χ3n) is 4.97. The van der Waals surface area contributed by atoms with Gasteiger partial charge in [0.15, 0.2) is 5.01 Å². The van der Waals surface area contributed by atoms with Gasteiger partial charge in [-0.3, -0.25) is 4.79 Å². The third-order valence-corrected chi connectivity index (χ3v) is 6.18. The molecule has 2 heterocycles. The van der Waals surface area contributed by atoms with Crippen LogP contribution in [0.1, 0.15) is 50.1 Å². The van der Waals surface area contributed by atoms with E-state index in [2.05, 4.69) is 18.0 Å². The standard InChI is InChI=1S/C20H23N3O3S/c1-11-17(20(25)26-5)12(2)21-18(11)15(24)10-23(4)13(3)19-22-14-8-6-7-9-16(14)27-19/h6-9,13,21H,10H2,1-5H3/p+1/t13-/m1/s1. The van der Waals surface area contributed by atoms with Crippen molar-refractivity contribution < 1.29 is 19.2 Å². The molecule has 3 aromatic rings. The van der Waals surface area contributed by atoms with Crippen LogP contribution in [0.5, 0.6) is 0 Å². The number of methoxy groups -OCH3 is 1. The number of thiazole rings is 1. The van der Waals surface area contributed by atoms with Crippen molar-refractivity contribution in [2.24, 2.45) is 0 Å². The van der Waals surface area contributed by atoms with E-state index in [0.717, 1.165) is 20.1 Å². The van der Waals surface area contributed by atoms with Gasteiger partial charge >= 0.3 is 5.97 Å². The maximum atomic E-state index is 12.8. The van der Waals surface area contributed by atoms with Gasteiger partial charge in [-0.15, -0.1) is 11.3 Å². The number of ether oxygens (including phenoxy) is 1. The number of aromatic nitrogens is 2. The Hall–Kier alpha value is -2.51. The minimum atomic E-state index is -0.427. The van der Waals surface area contributed by atoms with Crippen LogP contribution in [-0.2, 0) is 4.74 Å². The highest BCUT2D eigenvalue weighted by molar-refractivity contribution is 7.18. The quantitative estimate of drug-likeness (QED) is 0.504. The molecule has 0 aliphatic carbocycles. The number of hydrogen-bond acceptors (Lipinski definition) is 5. The molecule has 3 rings (SSSR count). The summed E-state index contributed by atoms with van der Waals surface area (Å²) in [5.74, 6) is -0.458. The van der Waals surface area contributed by atoms with Crippen molar-refractivity contribution in [3.63, 3.8) is 0 Å². The lowest BCUT2D eigenvalue weighted by Crippen LogP contribution is -3.09. The van der Waals surface area contributed by atoms with Crippen LogP contribution in [-0.4, -0.2) is 42.4 Å². The third kappa shape index (κ3) is 3.65. The fraction of sp³-hybridized carbons (Fsp3) is 0.350. The van der Waals surface area contributed by atoms with E-state index in [0.29, 0.717) is 29.1 Å². The summed E-state index contributed by atoms with van der Waals surface area (Å²) in [6, 6.07) is 8.13. The molecule has 0 saturated carbocycles. The van der Waals surface area contributed by atoms with Gasteiger partial charge in [-0.05, 0) is 38.5 Å². The molecule has 0 aliphatic heterocycles. The smallest absolute Gasteiger partial charge is 0.339 e. The number of benzene rings is 1. The predicted octanol–water partition coefficient (Wildman–Crippen LogP) is 2.49. The number of carbonyl (C=O) groups is 2. The summed E-state index contributed by atoms with van der Waals surface area (Å²) >= 11 is 1.66. The van der Waals surface area contributed by atoms with E-state index in [1.807, 2.05) is 25.2 Å². The Labute approximate surface area is 162 Å². The number of hydrogen-bond donors (Lipinski definition) is 2. The van der Waals surface area contributed by atoms with E-state index < -0.39 is 5.97 Å². The summed E-state index contributed by atoms with van der Waals surface area (Å²) in [6.45, 7) is 5.93. The predicted molar refractivity (Wildman–Crippen MR) is 106 cm³/mol. The van der Waals surface area contributed by atoms with Crippen molar-refractivity contribution in [1.82, 2.24) is 9.97 Å². The number of nitrogens with zero attached hydrogens (tertiary/aromatic N) is 1. The van der Waals surface area contributed by atoms with Crippen LogP contribution in [0, 0.1) is 13.8 Å². The summed E-state index contributed by atoms with van der Waals surface area (Å²) in [6.07, 6.45) is 0. The van der Waals surface area contributed by atoms with Gasteiger partial charge in [0, 0.05) is 5.69 Å². The monoisotopic (exact) mass is 386 g/mol. The van der Waals surface area contributed by atoms with E-state index in [1.165, 1.54) is 7.11 Å². The highest BCUT2D eigenvalue weighted by Gasteiger charge is 2.27. The number of fused-ring (bicyclic) bond motifs is 1. The summed E-state index contributed by atoms with van der Waals surface area (Å²) in [5.41, 5.74) is 3.20. The zero-order chi connectivity index (χ0) is 19.7. The molecule has 0 radical (unpaired) electrons. The van der Waals surface area contributed by atoms with Crippen LogP contribution in [0.25, 0.3) is 10.2 Å². The number of nitrogens with one attached hydrogen (secondary N) is 2. The number of aromatic amines is 1. The summed E-state index contributed by atoms with van der Waals surface area (Å²) in [7, 11) is 3.33. The molecular formula is C20H24N3O3S+. The second kappa shape index (κ2) is 7.62. The van der Waals surface area contributed by atoms with E-state index in [1.54, 1.807) is 25.2 Å². The number of carbonyl (C=O) groups excluding carboxylic acids is 2. The fourth-order valence-corrected chi connectivity index (χ4v) is 4.33. The van der Waals surface area contributed by atoms with Gasteiger partial charge < -0.3 is 14.6 Å². The van der Waals surface area contributed by atoms with Gasteiger partial charge in [0.25, 0.3) is 0 Å². The number of quaternary nitrogens is 1. The highest BCUT2D eigenvalue weighted by Crippen LogP contribution is 2.25. The summed E-state index contributed by atoms with van der Waals surface area (Å²) in [4.78, 5) is 33.6. The fourth-order valence-electron chi connectivity index (χ4n) is 3.22. The van der Waals surface area contributed by atoms with Crippen LogP contribution in [0.15, 0.2) is 24.3 Å². The van der Waals surface area contributed by atoms with Crippen LogP contribution in [0.4, 0.5) is 0 Å². The lowest BCUT2D eigenvalue weighted by atomic mass is 10.1. The van der Waals surface area contributed by atoms with E-state index in [-0.39, 0.29) is 11.8 Å². The lowest BCUT2D eigenvalue weighted by Gasteiger charge is -2.19. The molecule has 1 aromatic carbocycles. The van der Waals surface area contributed by atoms with Crippen molar-refractivity contribution in [3.8, 4) is 0 Å². The van der Waals surface area contributed by atoms with Gasteiger partial charge in [-0.1, -0.05) is 12.1 Å². The maximum Gasteiger partial charge on any atom is 0.339 e. The van der Waals surface area contributed by atoms with Crippen molar-refractivity contribution in [1.29, 1.82) is 0 Å². The zero-order valence-electron chi connectivity index (χ0n) is 16.2. The van der Waals surface area contributed by atoms with E-state index in [4.69, 9.17) is 9.72 Å². The molecule has 27 heavy (non-hydrogen) atoms. The van der Waals surface area contributed by atoms with Gasteiger partial charge in [-0.25, -0.2) is 9.78 Å². The van der Waals surface area contributed by atoms with Crippen LogP contribution in [0.2, 0.25) is 0 Å². The van der Waals surface area contributed by atoms with Crippen molar-refractivity contribution >= 4 is 33.3 Å². The molecule has 2 N–H and O–H groups in total. The lowest BCUT2D eigenvalue weighted by molar-refractivity contribution is -0.901. The number of para-hydroxylation sites is 1. The van der Waals surface area contributed by atoms with Crippen LogP contribution < -0.4 is 4.90 Å².